The van der Waals surface area contributed by atoms with Gasteiger partial charge in [0.05, 0.1) is 18.2 Å². The average molecular weight is 395 g/mol. The van der Waals surface area contributed by atoms with Crippen LogP contribution in [0.1, 0.15) is 5.56 Å². The minimum absolute atomic E-state index is 0. The largest absolute Gasteiger partial charge is 1.00 e. The standard InChI is InChI=1S/C17H17BrN3O.ClH/c1-20(2)11-15-16-10-13(18)8-9-21(16)19-17(15)12-4-6-14(22-3)7-5-12;/h4-11H,1-3H3;1H/q+1;/p-1. The fraction of sp³-hybridized carbons (Fsp3) is 0.176. The normalized spacial score (nSPS) is 10.3. The Morgan fingerprint density at radius 2 is 1.87 bits per heavy atom. The minimum atomic E-state index is 0. The molecule has 0 N–H and O–H groups in total. The van der Waals surface area contributed by atoms with Crippen LogP contribution in [0, 0.1) is 0 Å². The van der Waals surface area contributed by atoms with Gasteiger partial charge in [0.25, 0.3) is 0 Å². The lowest BCUT2D eigenvalue weighted by molar-refractivity contribution is -0.458. The van der Waals surface area contributed by atoms with Crippen molar-refractivity contribution in [3.8, 4) is 17.0 Å². The molecule has 120 valence electrons. The van der Waals surface area contributed by atoms with E-state index in [1.807, 2.05) is 59.7 Å². The minimum Gasteiger partial charge on any atom is -1.00 e. The Bertz CT molecular complexity index is 852. The van der Waals surface area contributed by atoms with Gasteiger partial charge in [-0.3, -0.25) is 0 Å². The molecule has 0 fully saturated rings. The fourth-order valence-electron chi connectivity index (χ4n) is 2.39. The van der Waals surface area contributed by atoms with Crippen LogP contribution in [0.5, 0.6) is 5.75 Å². The highest BCUT2D eigenvalue weighted by atomic mass is 79.9. The Labute approximate surface area is 149 Å². The van der Waals surface area contributed by atoms with Gasteiger partial charge in [0.15, 0.2) is 6.21 Å². The number of aromatic nitrogens is 2. The lowest BCUT2D eigenvalue weighted by atomic mass is 10.1. The maximum Gasteiger partial charge on any atom is 0.174 e. The topological polar surface area (TPSA) is 29.5 Å². The Morgan fingerprint density at radius 1 is 1.17 bits per heavy atom. The fourth-order valence-corrected chi connectivity index (χ4v) is 2.72. The Morgan fingerprint density at radius 3 is 2.48 bits per heavy atom. The van der Waals surface area contributed by atoms with Gasteiger partial charge in [0.2, 0.25) is 0 Å². The van der Waals surface area contributed by atoms with Crippen LogP contribution in [-0.2, 0) is 0 Å². The highest BCUT2D eigenvalue weighted by Gasteiger charge is 2.16. The number of hydrogen-bond donors (Lipinski definition) is 0. The zero-order valence-electron chi connectivity index (χ0n) is 13.1. The number of methoxy groups -OCH3 is 1. The van der Waals surface area contributed by atoms with Crippen LogP contribution in [0.2, 0.25) is 0 Å². The van der Waals surface area contributed by atoms with E-state index in [4.69, 9.17) is 9.84 Å². The van der Waals surface area contributed by atoms with E-state index in [0.29, 0.717) is 0 Å². The summed E-state index contributed by atoms with van der Waals surface area (Å²) in [4.78, 5) is 0. The molecule has 3 rings (SSSR count). The Balaban J connectivity index is 0.00000192. The van der Waals surface area contributed by atoms with Crippen molar-refractivity contribution in [3.05, 3.63) is 52.6 Å². The van der Waals surface area contributed by atoms with E-state index in [2.05, 4.69) is 28.2 Å². The second kappa shape index (κ2) is 7.15. The quantitative estimate of drug-likeness (QED) is 0.477. The lowest BCUT2D eigenvalue weighted by Crippen LogP contribution is -3.00. The molecule has 0 amide bonds. The van der Waals surface area contributed by atoms with Gasteiger partial charge in [-0.25, -0.2) is 9.09 Å². The smallest absolute Gasteiger partial charge is 0.174 e. The summed E-state index contributed by atoms with van der Waals surface area (Å²) >= 11 is 3.53. The first kappa shape index (κ1) is 17.5. The second-order valence-electron chi connectivity index (χ2n) is 5.26. The molecule has 1 aromatic carbocycles. The number of halogens is 2. The molecule has 2 heterocycles. The van der Waals surface area contributed by atoms with Crippen molar-refractivity contribution in [2.45, 2.75) is 0 Å². The van der Waals surface area contributed by atoms with Crippen molar-refractivity contribution in [3.63, 3.8) is 0 Å². The Hall–Kier alpha value is -1.85. The maximum atomic E-state index is 5.23. The van der Waals surface area contributed by atoms with Crippen LogP contribution in [-0.4, -0.2) is 41.6 Å². The molecule has 0 spiro atoms. The molecule has 0 aliphatic rings. The number of hydrogen-bond acceptors (Lipinski definition) is 2. The molecule has 0 aliphatic heterocycles. The SMILES string of the molecule is COc1ccc(-c2nn3ccc(Br)cc3c2C=[N+](C)C)cc1.[Cl-]. The van der Waals surface area contributed by atoms with Crippen molar-refractivity contribution >= 4 is 27.7 Å². The molecule has 0 unspecified atom stereocenters. The van der Waals surface area contributed by atoms with Crippen LogP contribution in [0.25, 0.3) is 16.8 Å². The molecule has 23 heavy (non-hydrogen) atoms. The zero-order chi connectivity index (χ0) is 15.7. The van der Waals surface area contributed by atoms with E-state index in [9.17, 15) is 0 Å². The summed E-state index contributed by atoms with van der Waals surface area (Å²) in [5.74, 6) is 0.841. The summed E-state index contributed by atoms with van der Waals surface area (Å²) in [5, 5.41) is 4.73. The van der Waals surface area contributed by atoms with Gasteiger partial charge >= 0.3 is 0 Å². The number of ether oxygens (including phenoxy) is 1. The Kier molecular flexibility index (Phi) is 5.44. The molecule has 0 radical (unpaired) electrons. The van der Waals surface area contributed by atoms with E-state index in [0.717, 1.165) is 32.6 Å². The van der Waals surface area contributed by atoms with Crippen LogP contribution in [0.3, 0.4) is 0 Å². The lowest BCUT2D eigenvalue weighted by Gasteiger charge is -2.01. The molecule has 6 heteroatoms. The summed E-state index contributed by atoms with van der Waals surface area (Å²) < 4.78 is 10.2. The van der Waals surface area contributed by atoms with E-state index in [1.165, 1.54) is 0 Å². The first-order chi connectivity index (χ1) is 10.6. The van der Waals surface area contributed by atoms with Crippen LogP contribution >= 0.6 is 15.9 Å². The molecule has 0 saturated heterocycles. The van der Waals surface area contributed by atoms with Crippen LogP contribution < -0.4 is 17.1 Å². The van der Waals surface area contributed by atoms with E-state index in [-0.39, 0.29) is 12.4 Å². The first-order valence-electron chi connectivity index (χ1n) is 6.92. The molecule has 0 bridgehead atoms. The summed E-state index contributed by atoms with van der Waals surface area (Å²) in [6.45, 7) is 0. The average Bonchev–Trinajstić information content (AvgIpc) is 2.85. The molecule has 0 atom stereocenters. The third-order valence-electron chi connectivity index (χ3n) is 3.39. The highest BCUT2D eigenvalue weighted by molar-refractivity contribution is 9.10. The monoisotopic (exact) mass is 393 g/mol. The highest BCUT2D eigenvalue weighted by Crippen LogP contribution is 2.27. The van der Waals surface area contributed by atoms with E-state index < -0.39 is 0 Å². The third kappa shape index (κ3) is 3.57. The van der Waals surface area contributed by atoms with E-state index >= 15 is 0 Å². The number of rotatable bonds is 3. The van der Waals surface area contributed by atoms with Crippen LogP contribution in [0.15, 0.2) is 47.1 Å². The molecule has 4 nitrogen and oxygen atoms in total. The third-order valence-corrected chi connectivity index (χ3v) is 3.88. The molecular formula is C17H17BrClN3O. The second-order valence-corrected chi connectivity index (χ2v) is 6.17. The number of pyridine rings is 1. The van der Waals surface area contributed by atoms with Gasteiger partial charge < -0.3 is 17.1 Å². The van der Waals surface area contributed by atoms with Crippen LogP contribution in [0.4, 0.5) is 0 Å². The van der Waals surface area contributed by atoms with Crippen molar-refractivity contribution in [2.24, 2.45) is 0 Å². The summed E-state index contributed by atoms with van der Waals surface area (Å²) in [5.41, 5.74) is 4.17. The molecule has 0 aliphatic carbocycles. The number of nitrogens with zero attached hydrogens (tertiary/aromatic N) is 3. The summed E-state index contributed by atoms with van der Waals surface area (Å²) in [6.07, 6.45) is 4.05. The van der Waals surface area contributed by atoms with Gasteiger partial charge in [-0.05, 0) is 36.4 Å². The van der Waals surface area contributed by atoms with Crippen molar-refractivity contribution in [2.75, 3.05) is 21.2 Å². The van der Waals surface area contributed by atoms with E-state index in [1.54, 1.807) is 7.11 Å². The summed E-state index contributed by atoms with van der Waals surface area (Å²) in [7, 11) is 5.70. The molecule has 0 saturated carbocycles. The molecular weight excluding hydrogens is 378 g/mol. The summed E-state index contributed by atoms with van der Waals surface area (Å²) in [6, 6.07) is 12.0. The number of fused-ring (bicyclic) bond motifs is 1. The number of benzene rings is 1. The van der Waals surface area contributed by atoms with Gasteiger partial charge in [0, 0.05) is 16.2 Å². The molecule has 2 aromatic heterocycles. The van der Waals surface area contributed by atoms with Gasteiger partial charge in [-0.15, -0.1) is 0 Å². The van der Waals surface area contributed by atoms with Crippen molar-refractivity contribution in [1.29, 1.82) is 0 Å². The van der Waals surface area contributed by atoms with Crippen molar-refractivity contribution < 1.29 is 21.7 Å². The van der Waals surface area contributed by atoms with Gasteiger partial charge in [-0.2, -0.15) is 5.10 Å². The van der Waals surface area contributed by atoms with Gasteiger partial charge in [0.1, 0.15) is 25.5 Å². The molecule has 3 aromatic rings. The first-order valence-corrected chi connectivity index (χ1v) is 7.71. The predicted octanol–water partition coefficient (Wildman–Crippen LogP) is 0.467. The zero-order valence-corrected chi connectivity index (χ0v) is 15.5. The predicted molar refractivity (Wildman–Crippen MR) is 92.2 cm³/mol. The maximum absolute atomic E-state index is 5.23. The van der Waals surface area contributed by atoms with Crippen molar-refractivity contribution in [1.82, 2.24) is 9.61 Å². The van der Waals surface area contributed by atoms with Gasteiger partial charge in [-0.1, -0.05) is 15.9 Å².